The van der Waals surface area contributed by atoms with Crippen LogP contribution < -0.4 is 10.7 Å². The number of hydrogen-bond donors (Lipinski definition) is 2. The van der Waals surface area contributed by atoms with Gasteiger partial charge in [0.05, 0.1) is 11.1 Å². The molecule has 2 aromatic rings. The average Bonchev–Trinajstić information content (AvgIpc) is 2.76. The molecule has 20 heavy (non-hydrogen) atoms. The summed E-state index contributed by atoms with van der Waals surface area (Å²) in [5, 5.41) is 0. The number of nitrogen functional groups attached to an aromatic ring is 1. The third-order valence-electron chi connectivity index (χ3n) is 3.22. The first-order valence-electron chi connectivity index (χ1n) is 6.34. The Hall–Kier alpha value is -2.75. The van der Waals surface area contributed by atoms with Crippen molar-refractivity contribution < 1.29 is 9.79 Å². The second-order valence-corrected chi connectivity index (χ2v) is 4.65. The molecule has 1 aliphatic heterocycles. The molecule has 0 bridgehead atoms. The molecular formula is C16H14N3O+. The van der Waals surface area contributed by atoms with Crippen LogP contribution in [0.2, 0.25) is 0 Å². The summed E-state index contributed by atoms with van der Waals surface area (Å²) in [4.78, 5) is 19.0. The predicted molar refractivity (Wildman–Crippen MR) is 78.3 cm³/mol. The van der Waals surface area contributed by atoms with Crippen molar-refractivity contribution in [2.75, 3.05) is 0 Å². The second kappa shape index (κ2) is 4.74. The molecule has 0 aromatic heterocycles. The van der Waals surface area contributed by atoms with E-state index < -0.39 is 0 Å². The predicted octanol–water partition coefficient (Wildman–Crippen LogP) is 0.767. The molecule has 4 heteroatoms. The van der Waals surface area contributed by atoms with Crippen LogP contribution in [-0.2, 0) is 0 Å². The fourth-order valence-corrected chi connectivity index (χ4v) is 2.20. The van der Waals surface area contributed by atoms with E-state index >= 15 is 0 Å². The highest BCUT2D eigenvalue weighted by atomic mass is 16.1. The number of hydrogen-bond acceptors (Lipinski definition) is 3. The van der Waals surface area contributed by atoms with Crippen LogP contribution >= 0.6 is 0 Å². The van der Waals surface area contributed by atoms with Gasteiger partial charge < -0.3 is 5.73 Å². The minimum absolute atomic E-state index is 0.0258. The number of fused-ring (bicyclic) bond motifs is 1. The molecule has 0 spiro atoms. The fraction of sp³-hybridized carbons (Fsp3) is 0.0625. The summed E-state index contributed by atoms with van der Waals surface area (Å²) in [5.41, 5.74) is 9.24. The lowest BCUT2D eigenvalue weighted by molar-refractivity contribution is -0.311. The normalized spacial score (nSPS) is 15.1. The summed E-state index contributed by atoms with van der Waals surface area (Å²) in [7, 11) is 0. The Morgan fingerprint density at radius 3 is 2.60 bits per heavy atom. The first-order valence-corrected chi connectivity index (χ1v) is 6.34. The zero-order valence-electron chi connectivity index (χ0n) is 11.1. The van der Waals surface area contributed by atoms with E-state index in [2.05, 4.69) is 9.98 Å². The van der Waals surface area contributed by atoms with E-state index in [1.165, 1.54) is 0 Å². The molecule has 1 aliphatic rings. The van der Waals surface area contributed by atoms with Gasteiger partial charge in [-0.3, -0.25) is 4.79 Å². The fourth-order valence-electron chi connectivity index (χ4n) is 2.20. The van der Waals surface area contributed by atoms with Gasteiger partial charge in [0.15, 0.2) is 5.78 Å². The van der Waals surface area contributed by atoms with Crippen molar-refractivity contribution in [3.05, 3.63) is 65.2 Å². The maximum atomic E-state index is 11.4. The molecule has 0 radical (unpaired) electrons. The molecule has 3 rings (SSSR count). The molecule has 0 fully saturated rings. The maximum Gasteiger partial charge on any atom is 0.269 e. The first-order chi connectivity index (χ1) is 9.65. The molecule has 3 N–H and O–H groups in total. The van der Waals surface area contributed by atoms with Gasteiger partial charge in [0.25, 0.3) is 5.84 Å². The molecule has 0 amide bonds. The largest absolute Gasteiger partial charge is 0.318 e. The average molecular weight is 264 g/mol. The number of nitrogens with two attached hydrogens (primary N) is 1. The zero-order chi connectivity index (χ0) is 14.1. The number of rotatable bonds is 2. The minimum atomic E-state index is 0.0258. The van der Waals surface area contributed by atoms with Gasteiger partial charge in [0.1, 0.15) is 5.69 Å². The molecule has 98 valence electrons. The van der Waals surface area contributed by atoms with E-state index in [0.717, 1.165) is 16.8 Å². The summed E-state index contributed by atoms with van der Waals surface area (Å²) < 4.78 is 0. The van der Waals surface area contributed by atoms with E-state index in [-0.39, 0.29) is 5.78 Å². The lowest BCUT2D eigenvalue weighted by atomic mass is 10.1. The molecule has 2 aromatic carbocycles. The lowest BCUT2D eigenvalue weighted by Crippen LogP contribution is -2.76. The topological polar surface area (TPSA) is 69.4 Å². The number of aliphatic imine (C=N–C) groups is 1. The van der Waals surface area contributed by atoms with Crippen LogP contribution in [0.25, 0.3) is 0 Å². The van der Waals surface area contributed by atoms with Crippen LogP contribution in [0, 0.1) is 0 Å². The maximum absolute atomic E-state index is 11.4. The van der Waals surface area contributed by atoms with Crippen LogP contribution in [0.3, 0.4) is 0 Å². The summed E-state index contributed by atoms with van der Waals surface area (Å²) in [5.74, 6) is 1.33. The Balaban J connectivity index is 2.06. The Bertz CT molecular complexity index is 760. The molecule has 0 atom stereocenters. The molecular weight excluding hydrogens is 250 g/mol. The molecule has 0 aliphatic carbocycles. The van der Waals surface area contributed by atoms with Crippen molar-refractivity contribution in [2.45, 2.75) is 6.92 Å². The van der Waals surface area contributed by atoms with Crippen LogP contribution in [0.4, 0.5) is 5.69 Å². The van der Waals surface area contributed by atoms with E-state index in [1.807, 2.05) is 36.4 Å². The van der Waals surface area contributed by atoms with Gasteiger partial charge in [-0.25, -0.2) is 4.99 Å². The highest BCUT2D eigenvalue weighted by Gasteiger charge is 2.23. The number of carbonyl (C=O) groups is 1. The summed E-state index contributed by atoms with van der Waals surface area (Å²) >= 11 is 0. The highest BCUT2D eigenvalue weighted by Crippen LogP contribution is 2.17. The third kappa shape index (κ3) is 2.12. The van der Waals surface area contributed by atoms with Crippen LogP contribution in [-0.4, -0.2) is 17.5 Å². The van der Waals surface area contributed by atoms with Gasteiger partial charge in [-0.05, 0) is 31.2 Å². The first kappa shape index (κ1) is 12.3. The number of carbonyl (C=O) groups excluding carboxylic acids is 1. The zero-order valence-corrected chi connectivity index (χ0v) is 11.1. The van der Waals surface area contributed by atoms with Crippen molar-refractivity contribution in [2.24, 2.45) is 10.7 Å². The van der Waals surface area contributed by atoms with Crippen molar-refractivity contribution >= 4 is 23.1 Å². The number of ketones is 1. The number of Topliss-reactive ketones (excluding diaryl/α,β-unsaturated/α-hetero) is 1. The Morgan fingerprint density at radius 1 is 1.10 bits per heavy atom. The van der Waals surface area contributed by atoms with Gasteiger partial charge >= 0.3 is 0 Å². The molecule has 1 heterocycles. The Labute approximate surface area is 116 Å². The van der Waals surface area contributed by atoms with Crippen LogP contribution in [0.5, 0.6) is 0 Å². The number of nitrogens with one attached hydrogen (secondary N) is 1. The Kier molecular flexibility index (Phi) is 2.91. The molecule has 0 unspecified atom stereocenters. The highest BCUT2D eigenvalue weighted by molar-refractivity contribution is 6.12. The standard InChI is InChI=1S/C16H13N3O/c1-10(20)11-5-4-6-12(9-11)18-16-14-8-3-2-7-13(14)15(17)19-16/h2-9H,1H3,(H2,17,18,19)/p+1. The third-order valence-corrected chi connectivity index (χ3v) is 3.22. The van der Waals surface area contributed by atoms with Crippen molar-refractivity contribution in [3.63, 3.8) is 0 Å². The second-order valence-electron chi connectivity index (χ2n) is 4.65. The molecule has 0 saturated heterocycles. The summed E-state index contributed by atoms with van der Waals surface area (Å²) in [6.07, 6.45) is 0. The monoisotopic (exact) mass is 264 g/mol. The van der Waals surface area contributed by atoms with E-state index in [1.54, 1.807) is 19.1 Å². The van der Waals surface area contributed by atoms with Gasteiger partial charge in [0, 0.05) is 5.56 Å². The van der Waals surface area contributed by atoms with E-state index in [9.17, 15) is 4.79 Å². The van der Waals surface area contributed by atoms with Crippen LogP contribution in [0.15, 0.2) is 53.5 Å². The quantitative estimate of drug-likeness (QED) is 0.786. The minimum Gasteiger partial charge on any atom is -0.318 e. The van der Waals surface area contributed by atoms with Crippen molar-refractivity contribution in [3.8, 4) is 0 Å². The van der Waals surface area contributed by atoms with E-state index in [4.69, 9.17) is 5.73 Å². The van der Waals surface area contributed by atoms with Crippen LogP contribution in [0.1, 0.15) is 28.4 Å². The number of benzene rings is 2. The van der Waals surface area contributed by atoms with Gasteiger partial charge in [0.2, 0.25) is 5.84 Å². The number of nitrogens with zero attached hydrogens (tertiary/aromatic N) is 1. The number of amidine groups is 2. The van der Waals surface area contributed by atoms with E-state index in [0.29, 0.717) is 17.2 Å². The van der Waals surface area contributed by atoms with Gasteiger partial charge in [-0.2, -0.15) is 0 Å². The summed E-state index contributed by atoms with van der Waals surface area (Å²) in [6, 6.07) is 15.0. The smallest absolute Gasteiger partial charge is 0.269 e. The SMILES string of the molecule is CC(=O)c1cccc(N=C2[NH+]=C(N)c3ccccc32)c1. The van der Waals surface area contributed by atoms with Gasteiger partial charge in [-0.15, -0.1) is 4.99 Å². The van der Waals surface area contributed by atoms with Crippen molar-refractivity contribution in [1.82, 2.24) is 0 Å². The Morgan fingerprint density at radius 2 is 1.85 bits per heavy atom. The summed E-state index contributed by atoms with van der Waals surface area (Å²) in [6.45, 7) is 1.54. The molecule has 4 nitrogen and oxygen atoms in total. The van der Waals surface area contributed by atoms with Crippen molar-refractivity contribution in [1.29, 1.82) is 0 Å². The van der Waals surface area contributed by atoms with Gasteiger partial charge in [-0.1, -0.05) is 24.3 Å². The lowest BCUT2D eigenvalue weighted by Gasteiger charge is -1.96. The molecule has 0 saturated carbocycles.